The standard InChI is InChI=1S/C18H19NO2/c1-2-11-19(12-17(20)21)18-15-9-5-3-7-13(15)14-8-4-6-10-16(14)18/h3-10,18H,2,11-12H2,1H3,(H,20,21). The summed E-state index contributed by atoms with van der Waals surface area (Å²) in [6, 6.07) is 16.7. The quantitative estimate of drug-likeness (QED) is 0.911. The van der Waals surface area contributed by atoms with Gasteiger partial charge in [0.2, 0.25) is 0 Å². The number of benzene rings is 2. The Morgan fingerprint density at radius 1 is 1.05 bits per heavy atom. The van der Waals surface area contributed by atoms with Crippen LogP contribution >= 0.6 is 0 Å². The number of hydrogen-bond acceptors (Lipinski definition) is 2. The van der Waals surface area contributed by atoms with Gasteiger partial charge in [-0.3, -0.25) is 9.69 Å². The van der Waals surface area contributed by atoms with Gasteiger partial charge >= 0.3 is 5.97 Å². The van der Waals surface area contributed by atoms with Crippen LogP contribution in [0.15, 0.2) is 48.5 Å². The van der Waals surface area contributed by atoms with Crippen LogP contribution in [0.25, 0.3) is 11.1 Å². The fourth-order valence-electron chi connectivity index (χ4n) is 3.28. The normalized spacial score (nSPS) is 13.2. The first-order valence-electron chi connectivity index (χ1n) is 7.36. The Hall–Kier alpha value is -2.13. The highest BCUT2D eigenvalue weighted by molar-refractivity contribution is 5.79. The molecule has 2 aromatic carbocycles. The number of rotatable bonds is 5. The topological polar surface area (TPSA) is 40.5 Å². The maximum atomic E-state index is 11.2. The molecule has 0 fully saturated rings. The summed E-state index contributed by atoms with van der Waals surface area (Å²) in [6.45, 7) is 2.93. The van der Waals surface area contributed by atoms with Crippen molar-refractivity contribution in [2.75, 3.05) is 13.1 Å². The lowest BCUT2D eigenvalue weighted by molar-refractivity contribution is -0.138. The van der Waals surface area contributed by atoms with Crippen molar-refractivity contribution in [3.05, 3.63) is 59.7 Å². The van der Waals surface area contributed by atoms with Crippen LogP contribution in [-0.2, 0) is 4.79 Å². The molecular formula is C18H19NO2. The number of aliphatic carboxylic acids is 1. The van der Waals surface area contributed by atoms with Gasteiger partial charge in [0.15, 0.2) is 0 Å². The Morgan fingerprint density at radius 3 is 2.05 bits per heavy atom. The van der Waals surface area contributed by atoms with Crippen molar-refractivity contribution in [2.45, 2.75) is 19.4 Å². The second-order valence-electron chi connectivity index (χ2n) is 5.44. The minimum Gasteiger partial charge on any atom is -0.480 e. The van der Waals surface area contributed by atoms with Gasteiger partial charge in [0.25, 0.3) is 0 Å². The fraction of sp³-hybridized carbons (Fsp3) is 0.278. The van der Waals surface area contributed by atoms with Gasteiger partial charge in [0.05, 0.1) is 12.6 Å². The molecule has 0 aliphatic heterocycles. The Labute approximate surface area is 124 Å². The molecule has 0 saturated carbocycles. The fourth-order valence-corrected chi connectivity index (χ4v) is 3.28. The van der Waals surface area contributed by atoms with E-state index in [-0.39, 0.29) is 12.6 Å². The van der Waals surface area contributed by atoms with Crippen LogP contribution < -0.4 is 0 Å². The predicted molar refractivity (Wildman–Crippen MR) is 83.2 cm³/mol. The zero-order valence-electron chi connectivity index (χ0n) is 12.1. The van der Waals surface area contributed by atoms with Crippen molar-refractivity contribution in [1.82, 2.24) is 4.90 Å². The van der Waals surface area contributed by atoms with Crippen molar-refractivity contribution in [3.63, 3.8) is 0 Å². The molecular weight excluding hydrogens is 262 g/mol. The molecule has 108 valence electrons. The summed E-state index contributed by atoms with van der Waals surface area (Å²) in [6.07, 6.45) is 0.939. The van der Waals surface area contributed by atoms with E-state index in [1.807, 2.05) is 24.3 Å². The number of nitrogens with zero attached hydrogens (tertiary/aromatic N) is 1. The molecule has 0 saturated heterocycles. The van der Waals surface area contributed by atoms with Crippen LogP contribution in [-0.4, -0.2) is 29.1 Å². The van der Waals surface area contributed by atoms with E-state index in [4.69, 9.17) is 0 Å². The summed E-state index contributed by atoms with van der Waals surface area (Å²) >= 11 is 0. The van der Waals surface area contributed by atoms with Gasteiger partial charge in [0, 0.05) is 0 Å². The maximum Gasteiger partial charge on any atom is 0.317 e. The van der Waals surface area contributed by atoms with Gasteiger partial charge in [-0.15, -0.1) is 0 Å². The van der Waals surface area contributed by atoms with Gasteiger partial charge in [-0.25, -0.2) is 0 Å². The van der Waals surface area contributed by atoms with Gasteiger partial charge in [-0.2, -0.15) is 0 Å². The van der Waals surface area contributed by atoms with Crippen molar-refractivity contribution in [3.8, 4) is 11.1 Å². The molecule has 0 bridgehead atoms. The minimum atomic E-state index is -0.773. The third-order valence-corrected chi connectivity index (χ3v) is 4.02. The summed E-state index contributed by atoms with van der Waals surface area (Å²) in [4.78, 5) is 13.3. The van der Waals surface area contributed by atoms with Crippen molar-refractivity contribution in [1.29, 1.82) is 0 Å². The molecule has 0 amide bonds. The first-order valence-corrected chi connectivity index (χ1v) is 7.36. The van der Waals surface area contributed by atoms with Crippen molar-refractivity contribution >= 4 is 5.97 Å². The third kappa shape index (κ3) is 2.45. The minimum absolute atomic E-state index is 0.0495. The zero-order chi connectivity index (χ0) is 14.8. The van der Waals surface area contributed by atoms with Crippen molar-refractivity contribution in [2.24, 2.45) is 0 Å². The van der Waals surface area contributed by atoms with Crippen LogP contribution in [0.3, 0.4) is 0 Å². The smallest absolute Gasteiger partial charge is 0.317 e. The molecule has 0 radical (unpaired) electrons. The first-order chi connectivity index (χ1) is 10.2. The molecule has 1 aliphatic rings. The lowest BCUT2D eigenvalue weighted by Gasteiger charge is -2.28. The number of carboxylic acid groups (broad SMARTS) is 1. The third-order valence-electron chi connectivity index (χ3n) is 4.02. The predicted octanol–water partition coefficient (Wildman–Crippen LogP) is 3.55. The molecule has 2 aromatic rings. The summed E-state index contributed by atoms with van der Waals surface area (Å²) in [5, 5.41) is 9.23. The van der Waals surface area contributed by atoms with Gasteiger partial charge < -0.3 is 5.11 Å². The number of carbonyl (C=O) groups is 1. The molecule has 0 spiro atoms. The molecule has 3 rings (SSSR count). The number of hydrogen-bond donors (Lipinski definition) is 1. The van der Waals surface area contributed by atoms with Crippen LogP contribution in [0.5, 0.6) is 0 Å². The van der Waals surface area contributed by atoms with E-state index >= 15 is 0 Å². The van der Waals surface area contributed by atoms with E-state index in [1.165, 1.54) is 22.3 Å². The van der Waals surface area contributed by atoms with E-state index in [2.05, 4.69) is 36.1 Å². The largest absolute Gasteiger partial charge is 0.480 e. The monoisotopic (exact) mass is 281 g/mol. The molecule has 3 heteroatoms. The average Bonchev–Trinajstić information content (AvgIpc) is 2.81. The Balaban J connectivity index is 2.10. The van der Waals surface area contributed by atoms with Gasteiger partial charge in [-0.05, 0) is 35.2 Å². The molecule has 1 N–H and O–H groups in total. The molecule has 3 nitrogen and oxygen atoms in total. The summed E-state index contributed by atoms with van der Waals surface area (Å²) < 4.78 is 0. The van der Waals surface area contributed by atoms with Gasteiger partial charge in [-0.1, -0.05) is 55.5 Å². The van der Waals surface area contributed by atoms with Gasteiger partial charge in [0.1, 0.15) is 0 Å². The molecule has 0 heterocycles. The summed E-state index contributed by atoms with van der Waals surface area (Å²) in [7, 11) is 0. The summed E-state index contributed by atoms with van der Waals surface area (Å²) in [5.74, 6) is -0.773. The van der Waals surface area contributed by atoms with E-state index in [9.17, 15) is 9.90 Å². The highest BCUT2D eigenvalue weighted by atomic mass is 16.4. The highest BCUT2D eigenvalue weighted by Gasteiger charge is 2.32. The SMILES string of the molecule is CCCN(CC(=O)O)C1c2ccccc2-c2ccccc21. The van der Waals surface area contributed by atoms with E-state index < -0.39 is 5.97 Å². The van der Waals surface area contributed by atoms with Crippen LogP contribution in [0.2, 0.25) is 0 Å². The van der Waals surface area contributed by atoms with Crippen LogP contribution in [0.4, 0.5) is 0 Å². The molecule has 21 heavy (non-hydrogen) atoms. The van der Waals surface area contributed by atoms with Crippen LogP contribution in [0.1, 0.15) is 30.5 Å². The van der Waals surface area contributed by atoms with Crippen molar-refractivity contribution < 1.29 is 9.90 Å². The second-order valence-corrected chi connectivity index (χ2v) is 5.44. The van der Waals surface area contributed by atoms with E-state index in [0.717, 1.165) is 13.0 Å². The molecule has 0 atom stereocenters. The Kier molecular flexibility index (Phi) is 3.76. The highest BCUT2D eigenvalue weighted by Crippen LogP contribution is 2.45. The lowest BCUT2D eigenvalue weighted by Crippen LogP contribution is -2.34. The molecule has 0 aromatic heterocycles. The average molecular weight is 281 g/mol. The Bertz CT molecular complexity index is 620. The summed E-state index contributed by atoms with van der Waals surface area (Å²) in [5.41, 5.74) is 4.89. The maximum absolute atomic E-state index is 11.2. The van der Waals surface area contributed by atoms with Crippen LogP contribution in [0, 0.1) is 0 Å². The zero-order valence-corrected chi connectivity index (χ0v) is 12.1. The first kappa shape index (κ1) is 13.8. The van der Waals surface area contributed by atoms with E-state index in [0.29, 0.717) is 0 Å². The molecule has 0 unspecified atom stereocenters. The second kappa shape index (κ2) is 5.70. The van der Waals surface area contributed by atoms with E-state index in [1.54, 1.807) is 0 Å². The lowest BCUT2D eigenvalue weighted by atomic mass is 10.0. The number of carboxylic acids is 1. The Morgan fingerprint density at radius 2 is 1.57 bits per heavy atom. The number of fused-ring (bicyclic) bond motifs is 3. The molecule has 1 aliphatic carbocycles.